The normalized spacial score (nSPS) is 38.0. The Morgan fingerprint density at radius 1 is 1.27 bits per heavy atom. The van der Waals surface area contributed by atoms with Gasteiger partial charge in [-0.25, -0.2) is 0 Å². The van der Waals surface area contributed by atoms with Crippen LogP contribution in [0.3, 0.4) is 0 Å². The summed E-state index contributed by atoms with van der Waals surface area (Å²) in [4.78, 5) is 23.7. The summed E-state index contributed by atoms with van der Waals surface area (Å²) in [6, 6.07) is 0. The predicted octanol–water partition coefficient (Wildman–Crippen LogP) is 3.59. The summed E-state index contributed by atoms with van der Waals surface area (Å²) < 4.78 is 0. The van der Waals surface area contributed by atoms with Crippen LogP contribution in [0.15, 0.2) is 11.1 Å². The average Bonchev–Trinajstić information content (AvgIpc) is 2.83. The van der Waals surface area contributed by atoms with E-state index in [9.17, 15) is 14.7 Å². The van der Waals surface area contributed by atoms with E-state index in [0.29, 0.717) is 31.1 Å². The van der Waals surface area contributed by atoms with Crippen molar-refractivity contribution in [1.29, 1.82) is 0 Å². The first-order chi connectivity index (χ1) is 10.5. The second kappa shape index (κ2) is 5.92. The van der Waals surface area contributed by atoms with E-state index >= 15 is 0 Å². The van der Waals surface area contributed by atoms with Gasteiger partial charge in [0.15, 0.2) is 5.78 Å². The Balaban J connectivity index is 1.92. The third kappa shape index (κ3) is 2.38. The first-order valence-corrected chi connectivity index (χ1v) is 8.92. The Morgan fingerprint density at radius 2 is 2.05 bits per heavy atom. The molecule has 0 bridgehead atoms. The van der Waals surface area contributed by atoms with E-state index in [1.54, 1.807) is 6.92 Å². The van der Waals surface area contributed by atoms with Crippen LogP contribution in [0.25, 0.3) is 0 Å². The molecule has 0 unspecified atom stereocenters. The van der Waals surface area contributed by atoms with Gasteiger partial charge < -0.3 is 9.90 Å². The lowest BCUT2D eigenvalue weighted by molar-refractivity contribution is -0.117. The van der Waals surface area contributed by atoms with Crippen molar-refractivity contribution in [2.24, 2.45) is 17.3 Å². The number of ketones is 2. The lowest BCUT2D eigenvalue weighted by Gasteiger charge is -2.48. The van der Waals surface area contributed by atoms with Crippen LogP contribution in [0, 0.1) is 17.3 Å². The minimum Gasteiger partial charge on any atom is -0.393 e. The topological polar surface area (TPSA) is 54.4 Å². The van der Waals surface area contributed by atoms with E-state index in [2.05, 4.69) is 6.92 Å². The predicted molar refractivity (Wildman–Crippen MR) is 85.4 cm³/mol. The Bertz CT molecular complexity index is 519. The van der Waals surface area contributed by atoms with Crippen molar-refractivity contribution in [2.75, 3.05) is 0 Å². The standard InChI is InChI=1S/C19H28O3/c1-3-19-11-10-13-14(16(19)7-9-18(19)22)6-8-17(21)15(13)5-4-12(2)20/h14,16,18,22H,3-11H2,1-2H3/t14-,16+,18+,19+/m1/s1. The van der Waals surface area contributed by atoms with Crippen LogP contribution in [-0.4, -0.2) is 22.8 Å². The molecule has 0 aromatic carbocycles. The van der Waals surface area contributed by atoms with Crippen molar-refractivity contribution < 1.29 is 14.7 Å². The van der Waals surface area contributed by atoms with Crippen LogP contribution >= 0.6 is 0 Å². The number of fused-ring (bicyclic) bond motifs is 3. The molecule has 0 heterocycles. The molecule has 3 nitrogen and oxygen atoms in total. The second-order valence-corrected chi connectivity index (χ2v) is 7.56. The highest BCUT2D eigenvalue weighted by atomic mass is 16.3. The van der Waals surface area contributed by atoms with Crippen molar-refractivity contribution in [2.45, 2.75) is 77.7 Å². The maximum atomic E-state index is 12.3. The van der Waals surface area contributed by atoms with Gasteiger partial charge in [-0.3, -0.25) is 4.79 Å². The van der Waals surface area contributed by atoms with E-state index in [4.69, 9.17) is 0 Å². The molecule has 3 aliphatic rings. The summed E-state index contributed by atoms with van der Waals surface area (Å²) in [6.45, 7) is 3.81. The van der Waals surface area contributed by atoms with Gasteiger partial charge >= 0.3 is 0 Å². The monoisotopic (exact) mass is 304 g/mol. The number of aliphatic hydroxyl groups is 1. The van der Waals surface area contributed by atoms with Crippen molar-refractivity contribution in [3.05, 3.63) is 11.1 Å². The fourth-order valence-corrected chi connectivity index (χ4v) is 5.55. The van der Waals surface area contributed by atoms with Crippen molar-refractivity contribution in [3.8, 4) is 0 Å². The second-order valence-electron chi connectivity index (χ2n) is 7.56. The molecule has 3 aliphatic carbocycles. The fraction of sp³-hybridized carbons (Fsp3) is 0.789. The molecule has 2 fully saturated rings. The summed E-state index contributed by atoms with van der Waals surface area (Å²) in [6.07, 6.45) is 7.56. The zero-order valence-electron chi connectivity index (χ0n) is 13.9. The molecule has 0 aliphatic heterocycles. The largest absolute Gasteiger partial charge is 0.393 e. The molecule has 4 atom stereocenters. The van der Waals surface area contributed by atoms with Gasteiger partial charge in [-0.05, 0) is 74.7 Å². The summed E-state index contributed by atoms with van der Waals surface area (Å²) in [5.41, 5.74) is 2.40. The Hall–Kier alpha value is -0.960. The molecule has 22 heavy (non-hydrogen) atoms. The Kier molecular flexibility index (Phi) is 4.28. The molecule has 0 radical (unpaired) electrons. The molecule has 2 saturated carbocycles. The quantitative estimate of drug-likeness (QED) is 0.863. The van der Waals surface area contributed by atoms with Crippen molar-refractivity contribution in [1.82, 2.24) is 0 Å². The van der Waals surface area contributed by atoms with Crippen molar-refractivity contribution in [3.63, 3.8) is 0 Å². The van der Waals surface area contributed by atoms with Gasteiger partial charge in [-0.1, -0.05) is 12.5 Å². The minimum absolute atomic E-state index is 0.0836. The fourth-order valence-electron chi connectivity index (χ4n) is 5.55. The first kappa shape index (κ1) is 15.9. The summed E-state index contributed by atoms with van der Waals surface area (Å²) in [7, 11) is 0. The van der Waals surface area contributed by atoms with Gasteiger partial charge in [-0.15, -0.1) is 0 Å². The van der Waals surface area contributed by atoms with Gasteiger partial charge in [0.2, 0.25) is 0 Å². The number of Topliss-reactive ketones (excluding diaryl/α,β-unsaturated/α-hetero) is 2. The molecule has 3 rings (SSSR count). The van der Waals surface area contributed by atoms with Crippen molar-refractivity contribution >= 4 is 11.6 Å². The number of aliphatic hydroxyl groups excluding tert-OH is 1. The number of carbonyl (C=O) groups excluding carboxylic acids is 2. The Morgan fingerprint density at radius 3 is 2.73 bits per heavy atom. The molecule has 0 aromatic heterocycles. The van der Waals surface area contributed by atoms with Crippen LogP contribution in [0.4, 0.5) is 0 Å². The zero-order chi connectivity index (χ0) is 15.9. The number of rotatable bonds is 4. The van der Waals surface area contributed by atoms with Crippen LogP contribution in [0.2, 0.25) is 0 Å². The third-order valence-corrected chi connectivity index (χ3v) is 6.74. The molecule has 0 spiro atoms. The smallest absolute Gasteiger partial charge is 0.158 e. The highest BCUT2D eigenvalue weighted by molar-refractivity contribution is 5.97. The average molecular weight is 304 g/mol. The SMILES string of the molecule is CC[C@]12CCC3=C(CCC(C)=O)C(=O)CC[C@H]3[C@@H]1CC[C@@H]2O. The minimum atomic E-state index is -0.164. The molecule has 0 saturated heterocycles. The van der Waals surface area contributed by atoms with E-state index in [-0.39, 0.29) is 23.1 Å². The zero-order valence-corrected chi connectivity index (χ0v) is 13.9. The van der Waals surface area contributed by atoms with Gasteiger partial charge in [0.05, 0.1) is 6.10 Å². The van der Waals surface area contributed by atoms with Crippen LogP contribution < -0.4 is 0 Å². The van der Waals surface area contributed by atoms with Gasteiger partial charge in [0.25, 0.3) is 0 Å². The number of carbonyl (C=O) groups is 2. The maximum Gasteiger partial charge on any atom is 0.158 e. The molecular weight excluding hydrogens is 276 g/mol. The van der Waals surface area contributed by atoms with Gasteiger partial charge in [0, 0.05) is 12.8 Å². The van der Waals surface area contributed by atoms with E-state index in [0.717, 1.165) is 44.1 Å². The lowest BCUT2D eigenvalue weighted by Crippen LogP contribution is -2.44. The molecule has 122 valence electrons. The highest BCUT2D eigenvalue weighted by Crippen LogP contribution is 2.60. The van der Waals surface area contributed by atoms with Gasteiger partial charge in [-0.2, -0.15) is 0 Å². The van der Waals surface area contributed by atoms with E-state index in [1.807, 2.05) is 0 Å². The molecule has 0 aromatic rings. The molecular formula is C19H28O3. The summed E-state index contributed by atoms with van der Waals surface area (Å²) in [5, 5.41) is 10.5. The van der Waals surface area contributed by atoms with Crippen LogP contribution in [0.1, 0.15) is 71.6 Å². The number of hydrogen-bond acceptors (Lipinski definition) is 3. The summed E-state index contributed by atoms with van der Waals surface area (Å²) >= 11 is 0. The van der Waals surface area contributed by atoms with E-state index in [1.165, 1.54) is 5.57 Å². The van der Waals surface area contributed by atoms with E-state index < -0.39 is 0 Å². The van der Waals surface area contributed by atoms with Crippen LogP contribution in [-0.2, 0) is 9.59 Å². The molecule has 0 amide bonds. The Labute approximate surface area is 133 Å². The first-order valence-electron chi connectivity index (χ1n) is 8.92. The highest BCUT2D eigenvalue weighted by Gasteiger charge is 2.54. The number of allylic oxidation sites excluding steroid dienone is 2. The third-order valence-electron chi connectivity index (χ3n) is 6.74. The molecule has 1 N–H and O–H groups in total. The maximum absolute atomic E-state index is 12.3. The molecule has 3 heteroatoms. The van der Waals surface area contributed by atoms with Gasteiger partial charge in [0.1, 0.15) is 5.78 Å². The number of hydrogen-bond donors (Lipinski definition) is 1. The summed E-state index contributed by atoms with van der Waals surface area (Å²) in [5.74, 6) is 1.45. The van der Waals surface area contributed by atoms with Crippen LogP contribution in [0.5, 0.6) is 0 Å². The lowest BCUT2D eigenvalue weighted by atomic mass is 9.56.